The molecule has 1 aliphatic rings. The fourth-order valence-corrected chi connectivity index (χ4v) is 2.38. The molecule has 0 aliphatic carbocycles. The highest BCUT2D eigenvalue weighted by Gasteiger charge is 2.14. The predicted octanol–water partition coefficient (Wildman–Crippen LogP) is 0.643. The lowest BCUT2D eigenvalue weighted by atomic mass is 10.1. The molecule has 106 valence electrons. The molecule has 0 saturated carbocycles. The van der Waals surface area contributed by atoms with Crippen LogP contribution in [0.1, 0.15) is 50.9 Å². The molecular weight excluding hydrogens is 244 g/mol. The van der Waals surface area contributed by atoms with E-state index in [1.807, 2.05) is 6.92 Å². The van der Waals surface area contributed by atoms with Gasteiger partial charge in [0, 0.05) is 6.42 Å². The number of amides is 1. The Kier molecular flexibility index (Phi) is 5.26. The number of rotatable bonds is 6. The molecule has 7 nitrogen and oxygen atoms in total. The molecule has 0 aromatic carbocycles. The lowest BCUT2D eigenvalue weighted by Crippen LogP contribution is -2.32. The third-order valence-corrected chi connectivity index (χ3v) is 3.45. The molecule has 2 N–H and O–H groups in total. The summed E-state index contributed by atoms with van der Waals surface area (Å²) < 4.78 is 0. The standard InChI is InChI=1S/C12H22N6O/c1-10(12-14-16-17-15-12)13-11(19)6-5-9-18-7-3-2-4-8-18/h10H,2-9H2,1H3,(H,13,19)(H,14,15,16,17)/t10-/m1/s1. The Labute approximate surface area is 113 Å². The van der Waals surface area contributed by atoms with Crippen LogP contribution in [0.25, 0.3) is 0 Å². The fraction of sp³-hybridized carbons (Fsp3) is 0.833. The minimum absolute atomic E-state index is 0.0503. The molecule has 1 aliphatic heterocycles. The SMILES string of the molecule is C[C@@H](NC(=O)CCCN1CCCCC1)c1nn[nH]n1. The largest absolute Gasteiger partial charge is 0.346 e. The van der Waals surface area contributed by atoms with Crippen molar-refractivity contribution in [3.05, 3.63) is 5.82 Å². The number of aromatic amines is 1. The number of carbonyl (C=O) groups excluding carboxylic acids is 1. The van der Waals surface area contributed by atoms with Crippen molar-refractivity contribution in [3.8, 4) is 0 Å². The first-order chi connectivity index (χ1) is 9.25. The van der Waals surface area contributed by atoms with Crippen molar-refractivity contribution >= 4 is 5.91 Å². The molecule has 1 saturated heterocycles. The zero-order valence-electron chi connectivity index (χ0n) is 11.4. The summed E-state index contributed by atoms with van der Waals surface area (Å²) in [5.74, 6) is 0.568. The van der Waals surface area contributed by atoms with Gasteiger partial charge in [0.2, 0.25) is 5.91 Å². The van der Waals surface area contributed by atoms with E-state index in [0.29, 0.717) is 12.2 Å². The molecule has 1 amide bonds. The summed E-state index contributed by atoms with van der Waals surface area (Å²) in [4.78, 5) is 14.2. The maximum absolute atomic E-state index is 11.8. The molecule has 1 aromatic heterocycles. The monoisotopic (exact) mass is 266 g/mol. The lowest BCUT2D eigenvalue weighted by molar-refractivity contribution is -0.121. The van der Waals surface area contributed by atoms with Crippen LogP contribution in [-0.2, 0) is 4.79 Å². The van der Waals surface area contributed by atoms with Gasteiger partial charge in [-0.25, -0.2) is 0 Å². The van der Waals surface area contributed by atoms with Gasteiger partial charge >= 0.3 is 0 Å². The average molecular weight is 266 g/mol. The summed E-state index contributed by atoms with van der Waals surface area (Å²) in [5, 5.41) is 16.4. The number of H-pyrrole nitrogens is 1. The van der Waals surface area contributed by atoms with Gasteiger partial charge in [-0.3, -0.25) is 4.79 Å². The lowest BCUT2D eigenvalue weighted by Gasteiger charge is -2.26. The van der Waals surface area contributed by atoms with Crippen molar-refractivity contribution < 1.29 is 4.79 Å². The van der Waals surface area contributed by atoms with E-state index in [9.17, 15) is 4.79 Å². The Balaban J connectivity index is 1.61. The Bertz CT molecular complexity index is 374. The van der Waals surface area contributed by atoms with Crippen LogP contribution >= 0.6 is 0 Å². The second-order valence-corrected chi connectivity index (χ2v) is 5.07. The summed E-state index contributed by atoms with van der Waals surface area (Å²) >= 11 is 0. The number of hydrogen-bond donors (Lipinski definition) is 2. The van der Waals surface area contributed by atoms with Gasteiger partial charge in [-0.15, -0.1) is 10.2 Å². The molecule has 19 heavy (non-hydrogen) atoms. The Hall–Kier alpha value is -1.50. The number of nitrogens with zero attached hydrogens (tertiary/aromatic N) is 4. The van der Waals surface area contributed by atoms with Crippen molar-refractivity contribution in [2.45, 2.75) is 45.1 Å². The maximum atomic E-state index is 11.8. The summed E-state index contributed by atoms with van der Waals surface area (Å²) in [6, 6.07) is -0.193. The molecule has 2 rings (SSSR count). The van der Waals surface area contributed by atoms with Crippen LogP contribution < -0.4 is 5.32 Å². The molecular formula is C12H22N6O. The van der Waals surface area contributed by atoms with E-state index in [4.69, 9.17) is 0 Å². The van der Waals surface area contributed by atoms with E-state index >= 15 is 0 Å². The fourth-order valence-electron chi connectivity index (χ4n) is 2.38. The maximum Gasteiger partial charge on any atom is 0.220 e. The first kappa shape index (κ1) is 13.9. The van der Waals surface area contributed by atoms with Gasteiger partial charge in [0.15, 0.2) is 5.82 Å². The molecule has 7 heteroatoms. The van der Waals surface area contributed by atoms with Crippen molar-refractivity contribution in [2.24, 2.45) is 0 Å². The first-order valence-electron chi connectivity index (χ1n) is 7.01. The second kappa shape index (κ2) is 7.18. The molecule has 1 atom stereocenters. The van der Waals surface area contributed by atoms with Crippen LogP contribution in [0.15, 0.2) is 0 Å². The van der Waals surface area contributed by atoms with Crippen LogP contribution in [0.2, 0.25) is 0 Å². The number of hydrogen-bond acceptors (Lipinski definition) is 5. The Morgan fingerprint density at radius 2 is 2.21 bits per heavy atom. The van der Waals surface area contributed by atoms with Crippen LogP contribution in [0.5, 0.6) is 0 Å². The van der Waals surface area contributed by atoms with Crippen molar-refractivity contribution in [2.75, 3.05) is 19.6 Å². The molecule has 0 spiro atoms. The number of nitrogens with one attached hydrogen (secondary N) is 2. The minimum atomic E-state index is -0.193. The zero-order valence-corrected chi connectivity index (χ0v) is 11.4. The molecule has 1 aromatic rings. The number of likely N-dealkylation sites (tertiary alicyclic amines) is 1. The van der Waals surface area contributed by atoms with Gasteiger partial charge in [-0.2, -0.15) is 5.21 Å². The van der Waals surface area contributed by atoms with Crippen molar-refractivity contribution in [3.63, 3.8) is 0 Å². The van der Waals surface area contributed by atoms with E-state index < -0.39 is 0 Å². The second-order valence-electron chi connectivity index (χ2n) is 5.07. The third-order valence-electron chi connectivity index (χ3n) is 3.45. The molecule has 2 heterocycles. The molecule has 0 bridgehead atoms. The number of piperidine rings is 1. The molecule has 0 radical (unpaired) electrons. The van der Waals surface area contributed by atoms with Crippen LogP contribution in [0.3, 0.4) is 0 Å². The third kappa shape index (κ3) is 4.59. The Morgan fingerprint density at radius 1 is 1.42 bits per heavy atom. The quantitative estimate of drug-likeness (QED) is 0.789. The van der Waals surface area contributed by atoms with E-state index in [1.165, 1.54) is 32.4 Å². The van der Waals surface area contributed by atoms with Crippen LogP contribution in [-0.4, -0.2) is 51.1 Å². The molecule has 0 unspecified atom stereocenters. The smallest absolute Gasteiger partial charge is 0.220 e. The first-order valence-corrected chi connectivity index (χ1v) is 7.01. The van der Waals surface area contributed by atoms with Crippen LogP contribution in [0.4, 0.5) is 0 Å². The van der Waals surface area contributed by atoms with Crippen molar-refractivity contribution in [1.82, 2.24) is 30.8 Å². The Morgan fingerprint density at radius 3 is 2.89 bits per heavy atom. The van der Waals surface area contributed by atoms with Gasteiger partial charge in [-0.1, -0.05) is 11.6 Å². The highest BCUT2D eigenvalue weighted by molar-refractivity contribution is 5.76. The zero-order chi connectivity index (χ0) is 13.5. The molecule has 1 fully saturated rings. The number of carbonyl (C=O) groups is 1. The van der Waals surface area contributed by atoms with Crippen LogP contribution in [0, 0.1) is 0 Å². The number of tetrazole rings is 1. The summed E-state index contributed by atoms with van der Waals surface area (Å²) in [7, 11) is 0. The van der Waals surface area contributed by atoms with Crippen molar-refractivity contribution in [1.29, 1.82) is 0 Å². The summed E-state index contributed by atoms with van der Waals surface area (Å²) in [6.07, 6.45) is 5.39. The normalized spacial score (nSPS) is 18.2. The number of aromatic nitrogens is 4. The van der Waals surface area contributed by atoms with Gasteiger partial charge in [0.25, 0.3) is 0 Å². The van der Waals surface area contributed by atoms with E-state index in [-0.39, 0.29) is 11.9 Å². The van der Waals surface area contributed by atoms with Gasteiger partial charge in [-0.05, 0) is 45.8 Å². The summed E-state index contributed by atoms with van der Waals surface area (Å²) in [6.45, 7) is 5.24. The highest BCUT2D eigenvalue weighted by atomic mass is 16.1. The van der Waals surface area contributed by atoms with Gasteiger partial charge in [0.05, 0.1) is 6.04 Å². The van der Waals surface area contributed by atoms with Gasteiger partial charge in [0.1, 0.15) is 0 Å². The average Bonchev–Trinajstić information content (AvgIpc) is 2.94. The van der Waals surface area contributed by atoms with E-state index in [2.05, 4.69) is 30.8 Å². The topological polar surface area (TPSA) is 86.8 Å². The van der Waals surface area contributed by atoms with E-state index in [0.717, 1.165) is 13.0 Å². The summed E-state index contributed by atoms with van der Waals surface area (Å²) in [5.41, 5.74) is 0. The van der Waals surface area contributed by atoms with E-state index in [1.54, 1.807) is 0 Å². The minimum Gasteiger partial charge on any atom is -0.346 e. The predicted molar refractivity (Wildman–Crippen MR) is 70.3 cm³/mol. The van der Waals surface area contributed by atoms with Gasteiger partial charge < -0.3 is 10.2 Å². The highest BCUT2D eigenvalue weighted by Crippen LogP contribution is 2.10.